The summed E-state index contributed by atoms with van der Waals surface area (Å²) in [7, 11) is 0. The zero-order chi connectivity index (χ0) is 22.8. The Morgan fingerprint density at radius 2 is 1.75 bits per heavy atom. The second-order valence-corrected chi connectivity index (χ2v) is 8.33. The highest BCUT2D eigenvalue weighted by Gasteiger charge is 2.17. The SMILES string of the molecule is Cc1ccc(-c2cc(Cl)ccc2OCc2ccc(Cl)cc2Cl)n1-c1cccc(C(=O)O)n1. The van der Waals surface area contributed by atoms with Gasteiger partial charge >= 0.3 is 5.97 Å². The average Bonchev–Trinajstić information content (AvgIpc) is 3.15. The number of aryl methyl sites for hydroxylation is 1. The van der Waals surface area contributed by atoms with Crippen LogP contribution >= 0.6 is 34.8 Å². The molecule has 0 saturated heterocycles. The molecule has 1 N–H and O–H groups in total. The van der Waals surface area contributed by atoms with Crippen LogP contribution in [-0.2, 0) is 6.61 Å². The molecule has 0 aliphatic heterocycles. The molecule has 0 amide bonds. The maximum Gasteiger partial charge on any atom is 0.354 e. The molecule has 0 saturated carbocycles. The number of hydrogen-bond acceptors (Lipinski definition) is 3. The van der Waals surface area contributed by atoms with Crippen LogP contribution in [0.3, 0.4) is 0 Å². The molecule has 0 unspecified atom stereocenters. The van der Waals surface area contributed by atoms with E-state index in [1.807, 2.05) is 29.7 Å². The first-order valence-corrected chi connectivity index (χ1v) is 10.7. The third-order valence-corrected chi connectivity index (χ3v) is 5.70. The van der Waals surface area contributed by atoms with E-state index in [0.717, 1.165) is 22.5 Å². The first-order chi connectivity index (χ1) is 15.3. The number of ether oxygens (including phenoxy) is 1. The number of carboxylic acid groups (broad SMARTS) is 1. The monoisotopic (exact) mass is 486 g/mol. The first-order valence-electron chi connectivity index (χ1n) is 9.59. The van der Waals surface area contributed by atoms with Gasteiger partial charge in [-0.25, -0.2) is 9.78 Å². The molecule has 0 atom stereocenters. The number of carbonyl (C=O) groups is 1. The van der Waals surface area contributed by atoms with Gasteiger partial charge in [0, 0.05) is 31.9 Å². The van der Waals surface area contributed by atoms with Crippen LogP contribution in [0.15, 0.2) is 66.7 Å². The zero-order valence-electron chi connectivity index (χ0n) is 16.8. The maximum atomic E-state index is 11.4. The molecule has 0 fully saturated rings. The van der Waals surface area contributed by atoms with Gasteiger partial charge in [-0.1, -0.05) is 46.9 Å². The van der Waals surface area contributed by atoms with Crippen molar-refractivity contribution >= 4 is 40.8 Å². The number of pyridine rings is 1. The highest BCUT2D eigenvalue weighted by atomic mass is 35.5. The predicted molar refractivity (Wildman–Crippen MR) is 127 cm³/mol. The molecular formula is C24H17Cl3N2O3. The summed E-state index contributed by atoms with van der Waals surface area (Å²) in [5.41, 5.74) is 3.12. The summed E-state index contributed by atoms with van der Waals surface area (Å²) < 4.78 is 7.96. The summed E-state index contributed by atoms with van der Waals surface area (Å²) >= 11 is 18.6. The van der Waals surface area contributed by atoms with E-state index in [2.05, 4.69) is 4.98 Å². The van der Waals surface area contributed by atoms with E-state index in [9.17, 15) is 9.90 Å². The van der Waals surface area contributed by atoms with E-state index in [4.69, 9.17) is 39.5 Å². The van der Waals surface area contributed by atoms with E-state index in [0.29, 0.717) is 26.6 Å². The molecule has 4 rings (SSSR count). The number of carboxylic acids is 1. The largest absolute Gasteiger partial charge is 0.488 e. The fourth-order valence-electron chi connectivity index (χ4n) is 3.34. The molecule has 5 nitrogen and oxygen atoms in total. The molecule has 0 radical (unpaired) electrons. The molecular weight excluding hydrogens is 471 g/mol. The Bertz CT molecular complexity index is 1320. The number of nitrogens with zero attached hydrogens (tertiary/aromatic N) is 2. The normalized spacial score (nSPS) is 10.9. The minimum absolute atomic E-state index is 0.0403. The number of halogens is 3. The Morgan fingerprint density at radius 1 is 1.00 bits per heavy atom. The van der Waals surface area contributed by atoms with Crippen molar-refractivity contribution in [3.8, 4) is 22.8 Å². The second kappa shape index (κ2) is 9.25. The maximum absolute atomic E-state index is 11.4. The highest BCUT2D eigenvalue weighted by Crippen LogP contribution is 2.36. The molecule has 0 bridgehead atoms. The molecule has 162 valence electrons. The smallest absolute Gasteiger partial charge is 0.354 e. The van der Waals surface area contributed by atoms with E-state index in [-0.39, 0.29) is 12.3 Å². The van der Waals surface area contributed by atoms with Crippen molar-refractivity contribution in [2.24, 2.45) is 0 Å². The van der Waals surface area contributed by atoms with Crippen LogP contribution in [-0.4, -0.2) is 20.6 Å². The van der Waals surface area contributed by atoms with Gasteiger partial charge in [-0.15, -0.1) is 0 Å². The van der Waals surface area contributed by atoms with Crippen LogP contribution in [0.5, 0.6) is 5.75 Å². The first kappa shape index (κ1) is 22.2. The number of aromatic nitrogens is 2. The lowest BCUT2D eigenvalue weighted by Gasteiger charge is -2.16. The number of benzene rings is 2. The van der Waals surface area contributed by atoms with Crippen LogP contribution in [0, 0.1) is 6.92 Å². The Hall–Kier alpha value is -2.99. The van der Waals surface area contributed by atoms with Gasteiger partial charge in [0.2, 0.25) is 0 Å². The lowest BCUT2D eigenvalue weighted by molar-refractivity contribution is 0.0690. The summed E-state index contributed by atoms with van der Waals surface area (Å²) in [6.07, 6.45) is 0. The summed E-state index contributed by atoms with van der Waals surface area (Å²) in [4.78, 5) is 15.7. The van der Waals surface area contributed by atoms with Gasteiger partial charge in [-0.05, 0) is 61.5 Å². The fraction of sp³-hybridized carbons (Fsp3) is 0.0833. The zero-order valence-corrected chi connectivity index (χ0v) is 19.1. The summed E-state index contributed by atoms with van der Waals surface area (Å²) in [6.45, 7) is 2.15. The van der Waals surface area contributed by atoms with Crippen molar-refractivity contribution in [2.75, 3.05) is 0 Å². The Kier molecular flexibility index (Phi) is 6.42. The van der Waals surface area contributed by atoms with Crippen molar-refractivity contribution in [3.63, 3.8) is 0 Å². The molecule has 2 aromatic heterocycles. The standard InChI is InChI=1S/C24H17Cl3N2O3/c1-14-5-9-21(29(14)23-4-2-3-20(28-23)24(30)31)18-11-16(25)8-10-22(18)32-13-15-6-7-17(26)12-19(15)27/h2-12H,13H2,1H3,(H,30,31). The van der Waals surface area contributed by atoms with Crippen molar-refractivity contribution in [1.29, 1.82) is 0 Å². The van der Waals surface area contributed by atoms with Crippen molar-refractivity contribution < 1.29 is 14.6 Å². The lowest BCUT2D eigenvalue weighted by Crippen LogP contribution is -2.07. The molecule has 0 aliphatic rings. The molecule has 0 aliphatic carbocycles. The minimum Gasteiger partial charge on any atom is -0.488 e. The summed E-state index contributed by atoms with van der Waals surface area (Å²) in [5, 5.41) is 10.9. The average molecular weight is 488 g/mol. The van der Waals surface area contributed by atoms with E-state index in [1.165, 1.54) is 6.07 Å². The Balaban J connectivity index is 1.76. The van der Waals surface area contributed by atoms with Gasteiger partial charge in [-0.3, -0.25) is 4.57 Å². The highest BCUT2D eigenvalue weighted by molar-refractivity contribution is 6.35. The fourth-order valence-corrected chi connectivity index (χ4v) is 3.98. The van der Waals surface area contributed by atoms with E-state index < -0.39 is 5.97 Å². The predicted octanol–water partition coefficient (Wildman–Crippen LogP) is 7.09. The van der Waals surface area contributed by atoms with Gasteiger partial charge in [-0.2, -0.15) is 0 Å². The third-order valence-electron chi connectivity index (χ3n) is 4.87. The van der Waals surface area contributed by atoms with Gasteiger partial charge in [0.15, 0.2) is 5.69 Å². The van der Waals surface area contributed by atoms with E-state index >= 15 is 0 Å². The number of hydrogen-bond donors (Lipinski definition) is 1. The Morgan fingerprint density at radius 3 is 2.50 bits per heavy atom. The topological polar surface area (TPSA) is 64.3 Å². The molecule has 2 heterocycles. The second-order valence-electron chi connectivity index (χ2n) is 7.05. The quantitative estimate of drug-likeness (QED) is 0.315. The third kappa shape index (κ3) is 4.60. The molecule has 2 aromatic carbocycles. The van der Waals surface area contributed by atoms with Crippen LogP contribution < -0.4 is 4.74 Å². The molecule has 4 aromatic rings. The van der Waals surface area contributed by atoms with E-state index in [1.54, 1.807) is 42.5 Å². The Labute approximate surface area is 199 Å². The number of rotatable bonds is 6. The van der Waals surface area contributed by atoms with Gasteiger partial charge < -0.3 is 9.84 Å². The van der Waals surface area contributed by atoms with Gasteiger partial charge in [0.05, 0.1) is 5.69 Å². The number of aromatic carboxylic acids is 1. The summed E-state index contributed by atoms with van der Waals surface area (Å²) in [5.74, 6) is -0.0203. The van der Waals surface area contributed by atoms with Gasteiger partial charge in [0.1, 0.15) is 18.2 Å². The van der Waals surface area contributed by atoms with Crippen LogP contribution in [0.1, 0.15) is 21.7 Å². The van der Waals surface area contributed by atoms with Crippen molar-refractivity contribution in [2.45, 2.75) is 13.5 Å². The van der Waals surface area contributed by atoms with Crippen molar-refractivity contribution in [3.05, 3.63) is 98.7 Å². The lowest BCUT2D eigenvalue weighted by atomic mass is 10.1. The van der Waals surface area contributed by atoms with Crippen molar-refractivity contribution in [1.82, 2.24) is 9.55 Å². The minimum atomic E-state index is -1.09. The van der Waals surface area contributed by atoms with Crippen LogP contribution in [0.4, 0.5) is 0 Å². The molecule has 0 spiro atoms. The van der Waals surface area contributed by atoms with Crippen LogP contribution in [0.25, 0.3) is 17.1 Å². The summed E-state index contributed by atoms with van der Waals surface area (Å²) in [6, 6.07) is 19.3. The molecule has 8 heteroatoms. The molecule has 32 heavy (non-hydrogen) atoms. The van der Waals surface area contributed by atoms with Crippen LogP contribution in [0.2, 0.25) is 15.1 Å². The van der Waals surface area contributed by atoms with Gasteiger partial charge in [0.25, 0.3) is 0 Å².